The zero-order chi connectivity index (χ0) is 9.10. The molecule has 0 atom stereocenters. The van der Waals surface area contributed by atoms with E-state index in [9.17, 15) is 0 Å². The maximum Gasteiger partial charge on any atom is 0.0962 e. The molecule has 6 nitrogen and oxygen atoms in total. The van der Waals surface area contributed by atoms with Gasteiger partial charge < -0.3 is 5.73 Å². The van der Waals surface area contributed by atoms with Gasteiger partial charge in [0.25, 0.3) is 0 Å². The van der Waals surface area contributed by atoms with Gasteiger partial charge in [0.15, 0.2) is 0 Å². The predicted octanol–water partition coefficient (Wildman–Crippen LogP) is -1.54. The molecule has 0 amide bonds. The number of aromatic nitrogens is 3. The summed E-state index contributed by atoms with van der Waals surface area (Å²) in [6.07, 6.45) is 1.90. The lowest BCUT2D eigenvalue weighted by Crippen LogP contribution is -2.21. The van der Waals surface area contributed by atoms with Crippen molar-refractivity contribution in [2.45, 2.75) is 13.1 Å². The first-order chi connectivity index (χ1) is 6.38. The maximum absolute atomic E-state index is 5.43. The van der Waals surface area contributed by atoms with E-state index in [4.69, 9.17) is 5.73 Å². The third-order valence-corrected chi connectivity index (χ3v) is 2.15. The highest BCUT2D eigenvalue weighted by Gasteiger charge is 2.14. The Morgan fingerprint density at radius 1 is 1.54 bits per heavy atom. The van der Waals surface area contributed by atoms with Crippen molar-refractivity contribution in [2.24, 2.45) is 11.7 Å². The van der Waals surface area contributed by atoms with Crippen molar-refractivity contribution in [1.82, 2.24) is 25.8 Å². The van der Waals surface area contributed by atoms with Crippen LogP contribution < -0.4 is 16.6 Å². The first-order valence-corrected chi connectivity index (χ1v) is 4.43. The van der Waals surface area contributed by atoms with Crippen LogP contribution >= 0.6 is 0 Å². The Morgan fingerprint density at radius 3 is 2.92 bits per heavy atom. The van der Waals surface area contributed by atoms with Crippen molar-refractivity contribution in [2.75, 3.05) is 13.1 Å². The monoisotopic (exact) mass is 182 g/mol. The van der Waals surface area contributed by atoms with Crippen LogP contribution in [0, 0.1) is 5.92 Å². The van der Waals surface area contributed by atoms with Gasteiger partial charge in [-0.1, -0.05) is 5.21 Å². The molecule has 0 saturated carbocycles. The van der Waals surface area contributed by atoms with Gasteiger partial charge in [-0.05, 0) is 0 Å². The molecule has 0 spiro atoms. The molecule has 4 N–H and O–H groups in total. The lowest BCUT2D eigenvalue weighted by molar-refractivity contribution is 0.456. The van der Waals surface area contributed by atoms with E-state index in [2.05, 4.69) is 21.2 Å². The average molecular weight is 182 g/mol. The minimum atomic E-state index is 0.459. The number of nitrogens with one attached hydrogen (secondary N) is 2. The van der Waals surface area contributed by atoms with Gasteiger partial charge in [-0.15, -0.1) is 5.10 Å². The molecular formula is C7H14N6. The molecule has 6 heteroatoms. The summed E-state index contributed by atoms with van der Waals surface area (Å²) in [4.78, 5) is 0. The van der Waals surface area contributed by atoms with E-state index in [1.54, 1.807) is 0 Å². The molecule has 0 radical (unpaired) electrons. The summed E-state index contributed by atoms with van der Waals surface area (Å²) in [5.74, 6) is 0.590. The highest BCUT2D eigenvalue weighted by Crippen LogP contribution is 2.02. The number of nitrogens with zero attached hydrogens (tertiary/aromatic N) is 3. The Labute approximate surface area is 76.5 Å². The fourth-order valence-corrected chi connectivity index (χ4v) is 1.42. The molecule has 1 saturated heterocycles. The molecule has 2 rings (SSSR count). The average Bonchev–Trinajstić information content (AvgIpc) is 2.76. The number of hydrogen-bond acceptors (Lipinski definition) is 5. The Bertz CT molecular complexity index is 264. The Morgan fingerprint density at radius 2 is 2.31 bits per heavy atom. The first kappa shape index (κ1) is 8.61. The summed E-state index contributed by atoms with van der Waals surface area (Å²) in [5, 5.41) is 7.91. The van der Waals surface area contributed by atoms with Gasteiger partial charge in [0.1, 0.15) is 0 Å². The van der Waals surface area contributed by atoms with Gasteiger partial charge in [-0.2, -0.15) is 0 Å². The molecule has 2 heterocycles. The standard InChI is InChI=1S/C7H14N6/c8-1-7-5-13(12-11-7)4-6-2-9-10-3-6/h5-6,9-10H,1-4,8H2. The minimum absolute atomic E-state index is 0.459. The molecule has 1 aromatic heterocycles. The van der Waals surface area contributed by atoms with Crippen LogP contribution in [0.3, 0.4) is 0 Å². The minimum Gasteiger partial charge on any atom is -0.325 e. The molecule has 0 bridgehead atoms. The summed E-state index contributed by atoms with van der Waals surface area (Å²) < 4.78 is 1.85. The summed E-state index contributed by atoms with van der Waals surface area (Å²) in [7, 11) is 0. The molecule has 0 aromatic carbocycles. The molecule has 0 unspecified atom stereocenters. The van der Waals surface area contributed by atoms with Gasteiger partial charge in [0.2, 0.25) is 0 Å². The maximum atomic E-state index is 5.43. The Hall–Kier alpha value is -0.980. The zero-order valence-electron chi connectivity index (χ0n) is 7.40. The fourth-order valence-electron chi connectivity index (χ4n) is 1.42. The lowest BCUT2D eigenvalue weighted by atomic mass is 10.2. The normalized spacial score (nSPS) is 18.2. The van der Waals surface area contributed by atoms with Gasteiger partial charge >= 0.3 is 0 Å². The van der Waals surface area contributed by atoms with Crippen molar-refractivity contribution in [3.63, 3.8) is 0 Å². The Kier molecular flexibility index (Phi) is 2.53. The molecule has 1 aliphatic heterocycles. The van der Waals surface area contributed by atoms with E-state index >= 15 is 0 Å². The van der Waals surface area contributed by atoms with Crippen LogP contribution in [0.4, 0.5) is 0 Å². The number of rotatable bonds is 3. The quantitative estimate of drug-likeness (QED) is 0.528. The van der Waals surface area contributed by atoms with Gasteiger partial charge in [0, 0.05) is 38.3 Å². The summed E-state index contributed by atoms with van der Waals surface area (Å²) >= 11 is 0. The molecule has 0 aliphatic carbocycles. The zero-order valence-corrected chi connectivity index (χ0v) is 7.40. The second kappa shape index (κ2) is 3.82. The van der Waals surface area contributed by atoms with Gasteiger partial charge in [-0.25, -0.2) is 0 Å². The van der Waals surface area contributed by atoms with E-state index in [-0.39, 0.29) is 0 Å². The second-order valence-electron chi connectivity index (χ2n) is 3.26. The van der Waals surface area contributed by atoms with Crippen molar-refractivity contribution in [3.05, 3.63) is 11.9 Å². The summed E-state index contributed by atoms with van der Waals surface area (Å²) in [5.41, 5.74) is 12.4. The summed E-state index contributed by atoms with van der Waals surface area (Å²) in [6, 6.07) is 0. The highest BCUT2D eigenvalue weighted by atomic mass is 15.4. The van der Waals surface area contributed by atoms with E-state index in [1.165, 1.54) is 0 Å². The topological polar surface area (TPSA) is 80.8 Å². The van der Waals surface area contributed by atoms with Crippen LogP contribution in [-0.4, -0.2) is 28.1 Å². The molecule has 1 fully saturated rings. The third-order valence-electron chi connectivity index (χ3n) is 2.15. The van der Waals surface area contributed by atoms with E-state index in [1.807, 2.05) is 10.9 Å². The number of hydrazine groups is 1. The van der Waals surface area contributed by atoms with Gasteiger partial charge in [-0.3, -0.25) is 15.5 Å². The van der Waals surface area contributed by atoms with Crippen LogP contribution in [0.25, 0.3) is 0 Å². The van der Waals surface area contributed by atoms with Gasteiger partial charge in [0.05, 0.1) is 5.69 Å². The fraction of sp³-hybridized carbons (Fsp3) is 0.714. The SMILES string of the molecule is NCc1cn(CC2CNNC2)nn1. The molecule has 1 aromatic rings. The summed E-state index contributed by atoms with van der Waals surface area (Å²) in [6.45, 7) is 3.32. The first-order valence-electron chi connectivity index (χ1n) is 4.43. The van der Waals surface area contributed by atoms with Crippen LogP contribution in [0.5, 0.6) is 0 Å². The van der Waals surface area contributed by atoms with Crippen molar-refractivity contribution >= 4 is 0 Å². The van der Waals surface area contributed by atoms with Crippen LogP contribution in [0.1, 0.15) is 5.69 Å². The molecule has 1 aliphatic rings. The predicted molar refractivity (Wildman–Crippen MR) is 47.4 cm³/mol. The van der Waals surface area contributed by atoms with Crippen LogP contribution in [0.2, 0.25) is 0 Å². The van der Waals surface area contributed by atoms with Crippen molar-refractivity contribution < 1.29 is 0 Å². The lowest BCUT2D eigenvalue weighted by Gasteiger charge is -2.05. The van der Waals surface area contributed by atoms with E-state index < -0.39 is 0 Å². The molecule has 72 valence electrons. The third kappa shape index (κ3) is 2.03. The van der Waals surface area contributed by atoms with E-state index in [0.717, 1.165) is 25.3 Å². The van der Waals surface area contributed by atoms with Crippen LogP contribution in [-0.2, 0) is 13.1 Å². The molecular weight excluding hydrogens is 168 g/mol. The van der Waals surface area contributed by atoms with Crippen molar-refractivity contribution in [1.29, 1.82) is 0 Å². The Balaban J connectivity index is 1.92. The van der Waals surface area contributed by atoms with E-state index in [0.29, 0.717) is 12.5 Å². The largest absolute Gasteiger partial charge is 0.325 e. The van der Waals surface area contributed by atoms with Crippen molar-refractivity contribution in [3.8, 4) is 0 Å². The highest BCUT2D eigenvalue weighted by molar-refractivity contribution is 4.90. The second-order valence-corrected chi connectivity index (χ2v) is 3.26. The number of nitrogens with two attached hydrogens (primary N) is 1. The number of hydrogen-bond donors (Lipinski definition) is 3. The van der Waals surface area contributed by atoms with Crippen LogP contribution in [0.15, 0.2) is 6.20 Å². The smallest absolute Gasteiger partial charge is 0.0962 e. The molecule has 13 heavy (non-hydrogen) atoms.